The number of nitrogens with two attached hydrogens (primary N) is 1. The van der Waals surface area contributed by atoms with Gasteiger partial charge in [-0.3, -0.25) is 14.5 Å². The first-order valence-electron chi connectivity index (χ1n) is 4.59. The number of carbonyl (C=O) groups excluding carboxylic acids is 2. The van der Waals surface area contributed by atoms with E-state index in [-0.39, 0.29) is 23.4 Å². The molecule has 0 atom stereocenters. The van der Waals surface area contributed by atoms with Gasteiger partial charge in [-0.2, -0.15) is 0 Å². The molecule has 2 amide bonds. The van der Waals surface area contributed by atoms with Crippen molar-refractivity contribution in [1.82, 2.24) is 4.90 Å². The van der Waals surface area contributed by atoms with Gasteiger partial charge in [0.05, 0.1) is 12.3 Å². The summed E-state index contributed by atoms with van der Waals surface area (Å²) in [5.41, 5.74) is 7.16. The van der Waals surface area contributed by atoms with E-state index in [9.17, 15) is 9.59 Å². The van der Waals surface area contributed by atoms with Gasteiger partial charge < -0.3 is 5.73 Å². The molecule has 84 valence electrons. The van der Waals surface area contributed by atoms with Crippen LogP contribution in [-0.2, 0) is 11.3 Å². The Morgan fingerprint density at radius 1 is 1.44 bits per heavy atom. The van der Waals surface area contributed by atoms with Gasteiger partial charge >= 0.3 is 0 Å². The van der Waals surface area contributed by atoms with Crippen LogP contribution in [0.1, 0.15) is 5.56 Å². The molecule has 1 fully saturated rings. The van der Waals surface area contributed by atoms with Crippen molar-refractivity contribution in [2.24, 2.45) is 0 Å². The minimum Gasteiger partial charge on any atom is -0.398 e. The summed E-state index contributed by atoms with van der Waals surface area (Å²) in [6.45, 7) is 0.274. The van der Waals surface area contributed by atoms with E-state index >= 15 is 0 Å². The van der Waals surface area contributed by atoms with Crippen molar-refractivity contribution >= 4 is 44.5 Å². The number of benzene rings is 1. The lowest BCUT2D eigenvalue weighted by Gasteiger charge is -2.14. The number of amides is 2. The Morgan fingerprint density at radius 2 is 2.19 bits per heavy atom. The number of thioether (sulfide) groups is 1. The summed E-state index contributed by atoms with van der Waals surface area (Å²) in [5.74, 6) is 0.0861. The zero-order valence-corrected chi connectivity index (χ0v) is 10.7. The molecule has 1 heterocycles. The lowest BCUT2D eigenvalue weighted by atomic mass is 10.2. The van der Waals surface area contributed by atoms with Crippen LogP contribution in [0.25, 0.3) is 0 Å². The van der Waals surface area contributed by atoms with Crippen LogP contribution >= 0.6 is 27.7 Å². The van der Waals surface area contributed by atoms with Crippen molar-refractivity contribution in [2.45, 2.75) is 6.54 Å². The number of halogens is 1. The summed E-state index contributed by atoms with van der Waals surface area (Å²) in [7, 11) is 0. The number of nitrogen functional groups attached to an aromatic ring is 1. The van der Waals surface area contributed by atoms with Gasteiger partial charge in [0.15, 0.2) is 0 Å². The molecule has 2 rings (SSSR count). The van der Waals surface area contributed by atoms with Crippen LogP contribution in [0.5, 0.6) is 0 Å². The first-order chi connectivity index (χ1) is 7.59. The quantitative estimate of drug-likeness (QED) is 0.851. The third-order valence-electron chi connectivity index (χ3n) is 2.28. The fourth-order valence-electron chi connectivity index (χ4n) is 1.43. The van der Waals surface area contributed by atoms with E-state index in [2.05, 4.69) is 15.9 Å². The summed E-state index contributed by atoms with van der Waals surface area (Å²) in [6, 6.07) is 5.40. The topological polar surface area (TPSA) is 63.4 Å². The highest BCUT2D eigenvalue weighted by molar-refractivity contribution is 9.10. The molecule has 0 spiro atoms. The molecule has 6 heteroatoms. The van der Waals surface area contributed by atoms with Crippen molar-refractivity contribution in [3.63, 3.8) is 0 Å². The predicted octanol–water partition coefficient (Wildman–Crippen LogP) is 2.23. The van der Waals surface area contributed by atoms with E-state index in [1.54, 1.807) is 12.1 Å². The molecular weight excluding hydrogens is 292 g/mol. The number of anilines is 1. The van der Waals surface area contributed by atoms with Gasteiger partial charge in [0, 0.05) is 10.2 Å². The van der Waals surface area contributed by atoms with E-state index in [4.69, 9.17) is 5.73 Å². The molecule has 2 N–H and O–H groups in total. The maximum Gasteiger partial charge on any atom is 0.289 e. The monoisotopic (exact) mass is 300 g/mol. The molecule has 0 aromatic heterocycles. The van der Waals surface area contributed by atoms with Crippen LogP contribution in [0.15, 0.2) is 22.7 Å². The molecule has 1 aromatic carbocycles. The number of nitrogens with zero attached hydrogens (tertiary/aromatic N) is 1. The van der Waals surface area contributed by atoms with E-state index in [0.29, 0.717) is 5.69 Å². The van der Waals surface area contributed by atoms with Gasteiger partial charge in [0.25, 0.3) is 5.24 Å². The minimum absolute atomic E-state index is 0.149. The molecule has 1 aliphatic rings. The highest BCUT2D eigenvalue weighted by atomic mass is 79.9. The van der Waals surface area contributed by atoms with Gasteiger partial charge in [-0.1, -0.05) is 23.9 Å². The van der Waals surface area contributed by atoms with Crippen molar-refractivity contribution < 1.29 is 9.59 Å². The van der Waals surface area contributed by atoms with Gasteiger partial charge in [-0.25, -0.2) is 0 Å². The highest BCUT2D eigenvalue weighted by Gasteiger charge is 2.30. The largest absolute Gasteiger partial charge is 0.398 e. The average Bonchev–Trinajstić information content (AvgIpc) is 2.56. The summed E-state index contributed by atoms with van der Waals surface area (Å²) in [4.78, 5) is 24.1. The smallest absolute Gasteiger partial charge is 0.289 e. The van der Waals surface area contributed by atoms with Crippen molar-refractivity contribution in [2.75, 3.05) is 11.5 Å². The zero-order valence-electron chi connectivity index (χ0n) is 8.27. The number of carbonyl (C=O) groups is 2. The van der Waals surface area contributed by atoms with E-state index in [1.807, 2.05) is 6.07 Å². The molecule has 0 radical (unpaired) electrons. The van der Waals surface area contributed by atoms with Gasteiger partial charge in [-0.15, -0.1) is 0 Å². The molecule has 1 saturated heterocycles. The molecule has 16 heavy (non-hydrogen) atoms. The molecule has 1 aliphatic heterocycles. The number of imide groups is 1. The molecule has 0 saturated carbocycles. The average molecular weight is 301 g/mol. The Balaban J connectivity index is 2.24. The Hall–Kier alpha value is -1.01. The van der Waals surface area contributed by atoms with Gasteiger partial charge in [0.2, 0.25) is 5.91 Å². The van der Waals surface area contributed by atoms with E-state index < -0.39 is 0 Å². The van der Waals surface area contributed by atoms with Crippen LogP contribution < -0.4 is 5.73 Å². The Kier molecular flexibility index (Phi) is 3.20. The van der Waals surface area contributed by atoms with Gasteiger partial charge in [0.1, 0.15) is 0 Å². The third-order valence-corrected chi connectivity index (χ3v) is 4.10. The van der Waals surface area contributed by atoms with Crippen LogP contribution in [0.3, 0.4) is 0 Å². The number of rotatable bonds is 2. The molecule has 4 nitrogen and oxygen atoms in total. The first-order valence-corrected chi connectivity index (χ1v) is 6.37. The second kappa shape index (κ2) is 4.47. The normalized spacial score (nSPS) is 15.9. The minimum atomic E-state index is -0.195. The standard InChI is InChI=1S/C10H9BrN2O2S/c11-9-6(2-1-3-7(9)12)4-13-8(14)5-16-10(13)15/h1-3H,4-5,12H2. The number of hydrogen-bond acceptors (Lipinski definition) is 4. The van der Waals surface area contributed by atoms with Crippen LogP contribution in [0.4, 0.5) is 10.5 Å². The fraction of sp³-hybridized carbons (Fsp3) is 0.200. The first kappa shape index (κ1) is 11.5. The molecular formula is C10H9BrN2O2S. The molecule has 1 aromatic rings. The number of hydrogen-bond donors (Lipinski definition) is 1. The Morgan fingerprint density at radius 3 is 2.81 bits per heavy atom. The molecule has 0 unspecified atom stereocenters. The van der Waals surface area contributed by atoms with Crippen LogP contribution in [-0.4, -0.2) is 21.8 Å². The Bertz CT molecular complexity index is 448. The van der Waals surface area contributed by atoms with E-state index in [1.165, 1.54) is 4.90 Å². The molecule has 0 bridgehead atoms. The second-order valence-electron chi connectivity index (χ2n) is 3.35. The summed E-state index contributed by atoms with van der Waals surface area (Å²) in [6.07, 6.45) is 0. The summed E-state index contributed by atoms with van der Waals surface area (Å²) in [5, 5.41) is -0.195. The van der Waals surface area contributed by atoms with Gasteiger partial charge in [-0.05, 0) is 27.6 Å². The van der Waals surface area contributed by atoms with Crippen molar-refractivity contribution in [3.8, 4) is 0 Å². The zero-order chi connectivity index (χ0) is 11.7. The SMILES string of the molecule is Nc1cccc(CN2C(=O)CSC2=O)c1Br. The summed E-state index contributed by atoms with van der Waals surface area (Å²) < 4.78 is 0.743. The molecule has 0 aliphatic carbocycles. The third kappa shape index (κ3) is 2.08. The van der Waals surface area contributed by atoms with Crippen LogP contribution in [0, 0.1) is 0 Å². The van der Waals surface area contributed by atoms with Crippen molar-refractivity contribution in [3.05, 3.63) is 28.2 Å². The lowest BCUT2D eigenvalue weighted by molar-refractivity contribution is -0.125. The lowest BCUT2D eigenvalue weighted by Crippen LogP contribution is -2.28. The Labute approximate surface area is 105 Å². The second-order valence-corrected chi connectivity index (χ2v) is 5.07. The summed E-state index contributed by atoms with van der Waals surface area (Å²) >= 11 is 4.38. The van der Waals surface area contributed by atoms with E-state index in [0.717, 1.165) is 21.8 Å². The maximum atomic E-state index is 11.4. The fourth-order valence-corrected chi connectivity index (χ4v) is 2.54. The maximum absolute atomic E-state index is 11.4. The predicted molar refractivity (Wildman–Crippen MR) is 67.0 cm³/mol. The van der Waals surface area contributed by atoms with Crippen LogP contribution in [0.2, 0.25) is 0 Å². The van der Waals surface area contributed by atoms with Crippen molar-refractivity contribution in [1.29, 1.82) is 0 Å². The highest BCUT2D eigenvalue weighted by Crippen LogP contribution is 2.28.